The average molecular weight is 327 g/mol. The van der Waals surface area contributed by atoms with Gasteiger partial charge in [-0.25, -0.2) is 0 Å². The molecular weight excluding hydrogens is 302 g/mol. The lowest BCUT2D eigenvalue weighted by Crippen LogP contribution is -2.32. The monoisotopic (exact) mass is 327 g/mol. The summed E-state index contributed by atoms with van der Waals surface area (Å²) in [4.78, 5) is 6.41. The maximum absolute atomic E-state index is 5.90. The molecule has 0 aliphatic carbocycles. The molecule has 0 bridgehead atoms. The van der Waals surface area contributed by atoms with Crippen molar-refractivity contribution in [2.75, 3.05) is 27.2 Å². The number of benzene rings is 1. The predicted octanol–water partition coefficient (Wildman–Crippen LogP) is 2.46. The fourth-order valence-electron chi connectivity index (χ4n) is 3.00. The van der Waals surface area contributed by atoms with Gasteiger partial charge >= 0.3 is 0 Å². The van der Waals surface area contributed by atoms with E-state index in [1.165, 1.54) is 12.0 Å². The van der Waals surface area contributed by atoms with E-state index in [0.29, 0.717) is 12.6 Å². The van der Waals surface area contributed by atoms with Gasteiger partial charge in [0.05, 0.1) is 7.11 Å². The zero-order chi connectivity index (χ0) is 16.8. The van der Waals surface area contributed by atoms with Crippen LogP contribution in [0.25, 0.3) is 0 Å². The Balaban J connectivity index is 1.63. The molecule has 1 unspecified atom stereocenters. The number of hydrogen-bond donors (Lipinski definition) is 1. The third-order valence-electron chi connectivity index (χ3n) is 4.46. The third kappa shape index (κ3) is 4.24. The van der Waals surface area contributed by atoms with Gasteiger partial charge in [-0.1, -0.05) is 6.07 Å². The van der Waals surface area contributed by atoms with Gasteiger partial charge in [-0.15, -0.1) is 0 Å². The Hall–Kier alpha value is -2.11. The summed E-state index contributed by atoms with van der Waals surface area (Å²) in [6.45, 7) is 3.60. The van der Waals surface area contributed by atoms with E-state index in [2.05, 4.69) is 34.4 Å². The Kier molecular flexibility index (Phi) is 5.67. The molecule has 1 fully saturated rings. The topological polar surface area (TPSA) is 46.6 Å². The van der Waals surface area contributed by atoms with Crippen LogP contribution in [0.5, 0.6) is 11.5 Å². The molecule has 5 nitrogen and oxygen atoms in total. The van der Waals surface area contributed by atoms with Crippen LogP contribution in [0.4, 0.5) is 0 Å². The summed E-state index contributed by atoms with van der Waals surface area (Å²) in [6.07, 6.45) is 4.75. The van der Waals surface area contributed by atoms with Crippen molar-refractivity contribution < 1.29 is 9.47 Å². The zero-order valence-electron chi connectivity index (χ0n) is 14.4. The molecule has 0 spiro atoms. The highest BCUT2D eigenvalue weighted by Crippen LogP contribution is 2.29. The number of pyridine rings is 1. The molecule has 0 saturated carbocycles. The van der Waals surface area contributed by atoms with Crippen LogP contribution in [0.2, 0.25) is 0 Å². The molecular formula is C19H25N3O2. The molecule has 2 aromatic rings. The summed E-state index contributed by atoms with van der Waals surface area (Å²) < 4.78 is 11.4. The molecule has 3 rings (SSSR count). The number of ether oxygens (including phenoxy) is 2. The van der Waals surface area contributed by atoms with Gasteiger partial charge in [0.25, 0.3) is 0 Å². The van der Waals surface area contributed by atoms with Crippen LogP contribution in [0, 0.1) is 0 Å². The molecule has 1 atom stereocenters. The van der Waals surface area contributed by atoms with Crippen molar-refractivity contribution in [1.29, 1.82) is 0 Å². The lowest BCUT2D eigenvalue weighted by Gasteiger charge is -2.23. The number of aromatic nitrogens is 1. The van der Waals surface area contributed by atoms with E-state index < -0.39 is 0 Å². The highest BCUT2D eigenvalue weighted by Gasteiger charge is 2.19. The number of hydrogen-bond acceptors (Lipinski definition) is 5. The lowest BCUT2D eigenvalue weighted by molar-refractivity contribution is 0.247. The maximum Gasteiger partial charge on any atom is 0.161 e. The molecule has 0 radical (unpaired) electrons. The van der Waals surface area contributed by atoms with E-state index in [1.54, 1.807) is 19.5 Å². The first-order valence-corrected chi connectivity index (χ1v) is 8.36. The van der Waals surface area contributed by atoms with Crippen molar-refractivity contribution in [3.05, 3.63) is 53.9 Å². The molecule has 2 heterocycles. The van der Waals surface area contributed by atoms with Crippen LogP contribution in [-0.2, 0) is 13.2 Å². The highest BCUT2D eigenvalue weighted by atomic mass is 16.5. The van der Waals surface area contributed by atoms with Crippen LogP contribution in [0.1, 0.15) is 17.5 Å². The lowest BCUT2D eigenvalue weighted by atomic mass is 10.1. The van der Waals surface area contributed by atoms with Crippen molar-refractivity contribution in [3.63, 3.8) is 0 Å². The largest absolute Gasteiger partial charge is 0.493 e. The number of rotatable bonds is 7. The number of methoxy groups -OCH3 is 1. The third-order valence-corrected chi connectivity index (χ3v) is 4.46. The van der Waals surface area contributed by atoms with Gasteiger partial charge < -0.3 is 14.8 Å². The van der Waals surface area contributed by atoms with Gasteiger partial charge in [0.1, 0.15) is 6.61 Å². The second-order valence-corrected chi connectivity index (χ2v) is 6.19. The van der Waals surface area contributed by atoms with Crippen LogP contribution in [-0.4, -0.2) is 43.2 Å². The quantitative estimate of drug-likeness (QED) is 0.846. The van der Waals surface area contributed by atoms with Gasteiger partial charge in [-0.3, -0.25) is 9.88 Å². The van der Waals surface area contributed by atoms with Crippen molar-refractivity contribution in [2.45, 2.75) is 25.6 Å². The standard InChI is InChI=1S/C19H25N3O2/c1-22(17-7-10-21-12-17)13-16-3-4-18(19(11-16)23-2)24-14-15-5-8-20-9-6-15/h3-6,8-9,11,17,21H,7,10,12-14H2,1-2H3. The van der Waals surface area contributed by atoms with Crippen molar-refractivity contribution >= 4 is 0 Å². The summed E-state index contributed by atoms with van der Waals surface area (Å²) in [5.41, 5.74) is 2.32. The summed E-state index contributed by atoms with van der Waals surface area (Å²) in [6, 6.07) is 10.7. The molecule has 0 amide bonds. The first-order valence-electron chi connectivity index (χ1n) is 8.36. The molecule has 1 aliphatic rings. The Morgan fingerprint density at radius 2 is 2.00 bits per heavy atom. The average Bonchev–Trinajstić information content (AvgIpc) is 3.16. The number of nitrogens with zero attached hydrogens (tertiary/aromatic N) is 2. The minimum absolute atomic E-state index is 0.506. The Labute approximate surface area is 143 Å². The van der Waals surface area contributed by atoms with Gasteiger partial charge in [0.15, 0.2) is 11.5 Å². The highest BCUT2D eigenvalue weighted by molar-refractivity contribution is 5.43. The normalized spacial score (nSPS) is 17.2. The molecule has 1 aromatic heterocycles. The predicted molar refractivity (Wildman–Crippen MR) is 94.3 cm³/mol. The number of nitrogens with one attached hydrogen (secondary N) is 1. The fraction of sp³-hybridized carbons (Fsp3) is 0.421. The van der Waals surface area contributed by atoms with Crippen LogP contribution in [0.3, 0.4) is 0 Å². The van der Waals surface area contributed by atoms with Crippen molar-refractivity contribution in [3.8, 4) is 11.5 Å². The van der Waals surface area contributed by atoms with E-state index >= 15 is 0 Å². The van der Waals surface area contributed by atoms with E-state index in [9.17, 15) is 0 Å². The van der Waals surface area contributed by atoms with Crippen LogP contribution in [0.15, 0.2) is 42.7 Å². The van der Waals surface area contributed by atoms with E-state index in [4.69, 9.17) is 9.47 Å². The minimum atomic E-state index is 0.506. The van der Waals surface area contributed by atoms with Crippen LogP contribution < -0.4 is 14.8 Å². The summed E-state index contributed by atoms with van der Waals surface area (Å²) in [7, 11) is 3.86. The smallest absolute Gasteiger partial charge is 0.161 e. The van der Waals surface area contributed by atoms with Crippen LogP contribution >= 0.6 is 0 Å². The summed E-state index contributed by atoms with van der Waals surface area (Å²) in [5, 5.41) is 3.41. The summed E-state index contributed by atoms with van der Waals surface area (Å²) >= 11 is 0. The zero-order valence-corrected chi connectivity index (χ0v) is 14.4. The SMILES string of the molecule is COc1cc(CN(C)C2CCNC2)ccc1OCc1ccncc1. The van der Waals surface area contributed by atoms with Crippen molar-refractivity contribution in [1.82, 2.24) is 15.2 Å². The van der Waals surface area contributed by atoms with E-state index in [0.717, 1.165) is 36.7 Å². The van der Waals surface area contributed by atoms with Crippen molar-refractivity contribution in [2.24, 2.45) is 0 Å². The van der Waals surface area contributed by atoms with Gasteiger partial charge in [0, 0.05) is 31.5 Å². The van der Waals surface area contributed by atoms with E-state index in [1.807, 2.05) is 18.2 Å². The summed E-state index contributed by atoms with van der Waals surface area (Å²) in [5.74, 6) is 1.54. The van der Waals surface area contributed by atoms with Gasteiger partial charge in [-0.05, 0) is 55.4 Å². The first-order chi connectivity index (χ1) is 11.8. The van der Waals surface area contributed by atoms with E-state index in [-0.39, 0.29) is 0 Å². The molecule has 1 N–H and O–H groups in total. The molecule has 1 aromatic carbocycles. The molecule has 128 valence electrons. The first kappa shape index (κ1) is 16.7. The molecule has 1 aliphatic heterocycles. The molecule has 1 saturated heterocycles. The second kappa shape index (κ2) is 8.13. The molecule has 24 heavy (non-hydrogen) atoms. The molecule has 5 heteroatoms. The van der Waals surface area contributed by atoms with Gasteiger partial charge in [-0.2, -0.15) is 0 Å². The fourth-order valence-corrected chi connectivity index (χ4v) is 3.00. The maximum atomic E-state index is 5.90. The number of likely N-dealkylation sites (N-methyl/N-ethyl adjacent to an activating group) is 1. The Bertz CT molecular complexity index is 642. The Morgan fingerprint density at radius 1 is 1.17 bits per heavy atom. The Morgan fingerprint density at radius 3 is 2.71 bits per heavy atom. The minimum Gasteiger partial charge on any atom is -0.493 e. The van der Waals surface area contributed by atoms with Gasteiger partial charge in [0.2, 0.25) is 0 Å². The second-order valence-electron chi connectivity index (χ2n) is 6.19.